The number of hydrogen-bond donors (Lipinski definition) is 0. The number of methoxy groups -OCH3 is 3. The molecule has 0 spiro atoms. The monoisotopic (exact) mass is 373 g/mol. The number of carbonyl (C=O) groups is 3. The Labute approximate surface area is 157 Å². The van der Waals surface area contributed by atoms with Gasteiger partial charge < -0.3 is 14.2 Å². The third-order valence-corrected chi connectivity index (χ3v) is 5.11. The predicted octanol–water partition coefficient (Wildman–Crippen LogP) is 2.55. The van der Waals surface area contributed by atoms with Gasteiger partial charge in [0, 0.05) is 11.1 Å². The third-order valence-electron chi connectivity index (χ3n) is 5.11. The standard InChI is InChI=1S/C20H23NO6/c1-25-16-9-8-12(10-17(16)26-2)15(11-18(22)27-3)21-19(23)13-6-4-5-7-14(13)20(21)24/h8-10,15H,4-7,11H2,1-3H3. The lowest BCUT2D eigenvalue weighted by Gasteiger charge is -2.27. The molecule has 0 N–H and O–H groups in total. The summed E-state index contributed by atoms with van der Waals surface area (Å²) in [5, 5.41) is 0. The number of esters is 1. The van der Waals surface area contributed by atoms with E-state index in [9.17, 15) is 14.4 Å². The van der Waals surface area contributed by atoms with E-state index in [1.54, 1.807) is 18.2 Å². The second kappa shape index (κ2) is 7.82. The quantitative estimate of drug-likeness (QED) is 0.563. The van der Waals surface area contributed by atoms with E-state index in [4.69, 9.17) is 14.2 Å². The normalized spacial score (nSPS) is 17.7. The highest BCUT2D eigenvalue weighted by molar-refractivity contribution is 6.19. The van der Waals surface area contributed by atoms with Crippen molar-refractivity contribution in [3.63, 3.8) is 0 Å². The maximum absolute atomic E-state index is 13.0. The van der Waals surface area contributed by atoms with Gasteiger partial charge in [-0.25, -0.2) is 0 Å². The molecule has 7 heteroatoms. The van der Waals surface area contributed by atoms with Crippen molar-refractivity contribution in [3.8, 4) is 11.5 Å². The van der Waals surface area contributed by atoms with Crippen LogP contribution in [0.3, 0.4) is 0 Å². The van der Waals surface area contributed by atoms with Gasteiger partial charge in [-0.2, -0.15) is 0 Å². The number of amides is 2. The summed E-state index contributed by atoms with van der Waals surface area (Å²) in [5.41, 5.74) is 1.78. The van der Waals surface area contributed by atoms with Crippen LogP contribution in [0.15, 0.2) is 29.3 Å². The van der Waals surface area contributed by atoms with Gasteiger partial charge >= 0.3 is 5.97 Å². The minimum absolute atomic E-state index is 0.121. The fourth-order valence-electron chi connectivity index (χ4n) is 3.70. The average Bonchev–Trinajstić information content (AvgIpc) is 2.96. The van der Waals surface area contributed by atoms with Crippen LogP contribution in [0.4, 0.5) is 0 Å². The van der Waals surface area contributed by atoms with Gasteiger partial charge in [0.15, 0.2) is 11.5 Å². The minimum atomic E-state index is -0.761. The minimum Gasteiger partial charge on any atom is -0.493 e. The van der Waals surface area contributed by atoms with E-state index >= 15 is 0 Å². The molecule has 0 radical (unpaired) electrons. The number of benzene rings is 1. The molecule has 1 aromatic carbocycles. The fraction of sp³-hybridized carbons (Fsp3) is 0.450. The maximum atomic E-state index is 13.0. The first-order chi connectivity index (χ1) is 13.0. The van der Waals surface area contributed by atoms with Crippen LogP contribution in [-0.4, -0.2) is 44.0 Å². The van der Waals surface area contributed by atoms with Gasteiger partial charge in [-0.3, -0.25) is 19.3 Å². The van der Waals surface area contributed by atoms with Crippen LogP contribution >= 0.6 is 0 Å². The Morgan fingerprint density at radius 1 is 1.00 bits per heavy atom. The van der Waals surface area contributed by atoms with Crippen LogP contribution in [0.25, 0.3) is 0 Å². The first kappa shape index (κ1) is 18.9. The zero-order valence-electron chi connectivity index (χ0n) is 15.7. The topological polar surface area (TPSA) is 82.1 Å². The predicted molar refractivity (Wildman–Crippen MR) is 96.3 cm³/mol. The molecular formula is C20H23NO6. The fourth-order valence-corrected chi connectivity index (χ4v) is 3.70. The van der Waals surface area contributed by atoms with Gasteiger partial charge in [0.2, 0.25) is 0 Å². The van der Waals surface area contributed by atoms with Gasteiger partial charge in [0.1, 0.15) is 0 Å². The summed E-state index contributed by atoms with van der Waals surface area (Å²) in [4.78, 5) is 39.1. The lowest BCUT2D eigenvalue weighted by molar-refractivity contribution is -0.146. The summed E-state index contributed by atoms with van der Waals surface area (Å²) in [7, 11) is 4.31. The van der Waals surface area contributed by atoms with E-state index < -0.39 is 12.0 Å². The number of imide groups is 1. The SMILES string of the molecule is COC(=O)CC(c1ccc(OC)c(OC)c1)N1C(=O)C2=C(CCCC2)C1=O. The zero-order valence-corrected chi connectivity index (χ0v) is 15.7. The van der Waals surface area contributed by atoms with E-state index in [1.165, 1.54) is 26.2 Å². The van der Waals surface area contributed by atoms with E-state index in [-0.39, 0.29) is 18.2 Å². The highest BCUT2D eigenvalue weighted by Crippen LogP contribution is 2.40. The van der Waals surface area contributed by atoms with Crippen molar-refractivity contribution >= 4 is 17.8 Å². The Hall–Kier alpha value is -2.83. The first-order valence-corrected chi connectivity index (χ1v) is 8.90. The molecule has 0 aromatic heterocycles. The lowest BCUT2D eigenvalue weighted by atomic mass is 9.93. The van der Waals surface area contributed by atoms with Gasteiger partial charge in [-0.05, 0) is 43.4 Å². The van der Waals surface area contributed by atoms with Crippen molar-refractivity contribution in [3.05, 3.63) is 34.9 Å². The lowest BCUT2D eigenvalue weighted by Crippen LogP contribution is -2.37. The van der Waals surface area contributed by atoms with Gasteiger partial charge in [0.05, 0.1) is 33.8 Å². The second-order valence-electron chi connectivity index (χ2n) is 6.55. The van der Waals surface area contributed by atoms with Crippen molar-refractivity contribution in [1.29, 1.82) is 0 Å². The summed E-state index contributed by atoms with van der Waals surface area (Å²) >= 11 is 0. The molecule has 0 fully saturated rings. The number of hydrogen-bond acceptors (Lipinski definition) is 6. The number of ether oxygens (including phenoxy) is 3. The van der Waals surface area contributed by atoms with Crippen LogP contribution in [0.1, 0.15) is 43.7 Å². The molecule has 0 saturated heterocycles. The molecule has 7 nitrogen and oxygen atoms in total. The summed E-state index contributed by atoms with van der Waals surface area (Å²) in [6, 6.07) is 4.34. The molecule has 0 saturated carbocycles. The molecule has 2 aliphatic rings. The first-order valence-electron chi connectivity index (χ1n) is 8.90. The second-order valence-corrected chi connectivity index (χ2v) is 6.55. The van der Waals surface area contributed by atoms with Crippen molar-refractivity contribution < 1.29 is 28.6 Å². The Morgan fingerprint density at radius 2 is 1.59 bits per heavy atom. The Morgan fingerprint density at radius 3 is 2.11 bits per heavy atom. The van der Waals surface area contributed by atoms with Crippen molar-refractivity contribution in [2.24, 2.45) is 0 Å². The summed E-state index contributed by atoms with van der Waals surface area (Å²) in [6.45, 7) is 0. The summed E-state index contributed by atoms with van der Waals surface area (Å²) in [5.74, 6) is -0.131. The molecule has 1 aromatic rings. The van der Waals surface area contributed by atoms with Gasteiger partial charge in [-0.1, -0.05) is 6.07 Å². The molecule has 1 heterocycles. The Kier molecular flexibility index (Phi) is 5.48. The van der Waals surface area contributed by atoms with E-state index in [0.29, 0.717) is 41.1 Å². The maximum Gasteiger partial charge on any atom is 0.307 e. The zero-order chi connectivity index (χ0) is 19.6. The highest BCUT2D eigenvalue weighted by atomic mass is 16.5. The molecular weight excluding hydrogens is 350 g/mol. The molecule has 1 unspecified atom stereocenters. The molecule has 144 valence electrons. The Balaban J connectivity index is 2.01. The van der Waals surface area contributed by atoms with Crippen molar-refractivity contribution in [2.75, 3.05) is 21.3 Å². The number of carbonyl (C=O) groups excluding carboxylic acids is 3. The van der Waals surface area contributed by atoms with Crippen LogP contribution in [0.5, 0.6) is 11.5 Å². The van der Waals surface area contributed by atoms with E-state index in [2.05, 4.69) is 0 Å². The summed E-state index contributed by atoms with van der Waals surface area (Å²) < 4.78 is 15.4. The molecule has 27 heavy (non-hydrogen) atoms. The summed E-state index contributed by atoms with van der Waals surface area (Å²) in [6.07, 6.45) is 2.87. The van der Waals surface area contributed by atoms with Crippen LogP contribution < -0.4 is 9.47 Å². The molecule has 1 atom stereocenters. The molecule has 3 rings (SSSR count). The van der Waals surface area contributed by atoms with Crippen molar-refractivity contribution in [2.45, 2.75) is 38.1 Å². The molecule has 1 aliphatic heterocycles. The number of rotatable bonds is 6. The molecule has 1 aliphatic carbocycles. The average molecular weight is 373 g/mol. The Bertz CT molecular complexity index is 785. The number of nitrogens with zero attached hydrogens (tertiary/aromatic N) is 1. The van der Waals surface area contributed by atoms with Gasteiger partial charge in [0.25, 0.3) is 11.8 Å². The smallest absolute Gasteiger partial charge is 0.307 e. The third kappa shape index (κ3) is 3.41. The largest absolute Gasteiger partial charge is 0.493 e. The van der Waals surface area contributed by atoms with Crippen LogP contribution in [-0.2, 0) is 19.1 Å². The van der Waals surface area contributed by atoms with Gasteiger partial charge in [-0.15, -0.1) is 0 Å². The molecule has 0 bridgehead atoms. The van der Waals surface area contributed by atoms with Crippen LogP contribution in [0, 0.1) is 0 Å². The van der Waals surface area contributed by atoms with E-state index in [1.807, 2.05) is 0 Å². The van der Waals surface area contributed by atoms with Crippen LogP contribution in [0.2, 0.25) is 0 Å². The van der Waals surface area contributed by atoms with E-state index in [0.717, 1.165) is 12.8 Å². The molecule has 2 amide bonds. The highest BCUT2D eigenvalue weighted by Gasteiger charge is 2.43. The van der Waals surface area contributed by atoms with Crippen molar-refractivity contribution in [1.82, 2.24) is 4.90 Å².